The Morgan fingerprint density at radius 3 is 2.68 bits per heavy atom. The van der Waals surface area contributed by atoms with Gasteiger partial charge in [0.1, 0.15) is 18.0 Å². The summed E-state index contributed by atoms with van der Waals surface area (Å²) < 4.78 is 12.5. The van der Waals surface area contributed by atoms with Gasteiger partial charge < -0.3 is 20.1 Å². The lowest BCUT2D eigenvalue weighted by Crippen LogP contribution is -2.53. The Balaban J connectivity index is 1.41. The van der Waals surface area contributed by atoms with E-state index in [0.717, 1.165) is 40.6 Å². The fourth-order valence-electron chi connectivity index (χ4n) is 3.14. The van der Waals surface area contributed by atoms with Crippen molar-refractivity contribution in [2.24, 2.45) is 5.73 Å². The van der Waals surface area contributed by atoms with Crippen LogP contribution in [0.15, 0.2) is 18.2 Å². The molecule has 1 unspecified atom stereocenters. The van der Waals surface area contributed by atoms with Crippen molar-refractivity contribution in [1.29, 1.82) is 0 Å². The second-order valence-electron chi connectivity index (χ2n) is 8.20. The summed E-state index contributed by atoms with van der Waals surface area (Å²) in [5.74, 6) is 0.794. The molecule has 1 aromatic heterocycles. The molecule has 2 aromatic rings. The van der Waals surface area contributed by atoms with E-state index in [-0.39, 0.29) is 12.1 Å². The molecular weight excluding hydrogens is 376 g/mol. The summed E-state index contributed by atoms with van der Waals surface area (Å²) in [6.07, 6.45) is -0.243. The minimum absolute atomic E-state index is 0.0963. The number of rotatable bonds is 5. The number of amides is 1. The van der Waals surface area contributed by atoms with E-state index in [1.54, 1.807) is 16.2 Å². The minimum atomic E-state index is -0.464. The molecule has 8 heteroatoms. The van der Waals surface area contributed by atoms with Gasteiger partial charge in [-0.25, -0.2) is 9.78 Å². The number of ether oxygens (including phenoxy) is 2. The average molecular weight is 407 g/mol. The molecule has 1 aliphatic rings. The van der Waals surface area contributed by atoms with Crippen LogP contribution >= 0.6 is 11.3 Å². The largest absolute Gasteiger partial charge is 0.492 e. The zero-order valence-corrected chi connectivity index (χ0v) is 17.9. The monoisotopic (exact) mass is 406 g/mol. The van der Waals surface area contributed by atoms with E-state index in [2.05, 4.69) is 9.88 Å². The van der Waals surface area contributed by atoms with E-state index in [1.807, 2.05) is 45.9 Å². The fraction of sp³-hybridized carbons (Fsp3) is 0.600. The van der Waals surface area contributed by atoms with Gasteiger partial charge in [-0.15, -0.1) is 11.3 Å². The summed E-state index contributed by atoms with van der Waals surface area (Å²) in [6.45, 7) is 11.7. The number of carbonyl (C=O) groups excluding carboxylic acids is 1. The number of benzene rings is 1. The van der Waals surface area contributed by atoms with Gasteiger partial charge in [0.2, 0.25) is 0 Å². The third-order valence-electron chi connectivity index (χ3n) is 4.45. The molecule has 3 rings (SSSR count). The van der Waals surface area contributed by atoms with Gasteiger partial charge in [0.05, 0.1) is 21.3 Å². The number of hydrogen-bond donors (Lipinski definition) is 1. The van der Waals surface area contributed by atoms with Crippen molar-refractivity contribution in [3.05, 3.63) is 23.2 Å². The molecule has 1 saturated heterocycles. The van der Waals surface area contributed by atoms with Crippen molar-refractivity contribution >= 4 is 27.6 Å². The Labute approximate surface area is 170 Å². The molecule has 0 spiro atoms. The zero-order chi connectivity index (χ0) is 20.3. The number of hydrogen-bond acceptors (Lipinski definition) is 7. The first-order valence-electron chi connectivity index (χ1n) is 9.65. The average Bonchev–Trinajstić information content (AvgIpc) is 2.98. The molecule has 1 aromatic carbocycles. The van der Waals surface area contributed by atoms with Gasteiger partial charge in [0.25, 0.3) is 0 Å². The summed E-state index contributed by atoms with van der Waals surface area (Å²) in [5.41, 5.74) is 6.76. The summed E-state index contributed by atoms with van der Waals surface area (Å²) in [4.78, 5) is 20.7. The molecule has 0 aliphatic carbocycles. The molecule has 1 amide bonds. The Kier molecular flexibility index (Phi) is 6.42. The van der Waals surface area contributed by atoms with Crippen LogP contribution in [0.3, 0.4) is 0 Å². The Bertz CT molecular complexity index is 809. The number of thiazole rings is 1. The lowest BCUT2D eigenvalue weighted by atomic mass is 10.2. The second-order valence-corrected chi connectivity index (χ2v) is 9.44. The molecule has 28 heavy (non-hydrogen) atoms. The van der Waals surface area contributed by atoms with Gasteiger partial charge >= 0.3 is 6.09 Å². The number of nitrogens with zero attached hydrogens (tertiary/aromatic N) is 3. The van der Waals surface area contributed by atoms with Crippen LogP contribution in [0.4, 0.5) is 4.79 Å². The number of fused-ring (bicyclic) bond motifs is 1. The summed E-state index contributed by atoms with van der Waals surface area (Å²) in [5, 5.41) is 1.05. The van der Waals surface area contributed by atoms with Crippen LogP contribution in [-0.4, -0.2) is 71.9 Å². The molecule has 2 heterocycles. The van der Waals surface area contributed by atoms with Gasteiger partial charge in [-0.2, -0.15) is 0 Å². The van der Waals surface area contributed by atoms with Crippen LogP contribution in [0.5, 0.6) is 5.75 Å². The highest BCUT2D eigenvalue weighted by atomic mass is 32.1. The highest BCUT2D eigenvalue weighted by molar-refractivity contribution is 7.18. The smallest absolute Gasteiger partial charge is 0.410 e. The van der Waals surface area contributed by atoms with Crippen molar-refractivity contribution in [2.45, 2.75) is 39.3 Å². The zero-order valence-electron chi connectivity index (χ0n) is 17.1. The first-order chi connectivity index (χ1) is 13.2. The lowest BCUT2D eigenvalue weighted by Gasteiger charge is -2.36. The Hall–Kier alpha value is -1.90. The van der Waals surface area contributed by atoms with E-state index in [9.17, 15) is 4.79 Å². The first kappa shape index (κ1) is 20.8. The van der Waals surface area contributed by atoms with Gasteiger partial charge in [-0.1, -0.05) is 0 Å². The molecule has 7 nitrogen and oxygen atoms in total. The third kappa shape index (κ3) is 5.80. The molecule has 154 valence electrons. The summed E-state index contributed by atoms with van der Waals surface area (Å²) in [7, 11) is 0. The van der Waals surface area contributed by atoms with E-state index < -0.39 is 5.60 Å². The highest BCUT2D eigenvalue weighted by Crippen LogP contribution is 2.25. The standard InChI is InChI=1S/C20H30N4O3S/c1-14-22-17-11-16(5-6-18(17)28-14)26-13-15(21)12-23-7-9-24(10-8-23)19(25)27-20(2,3)4/h5-6,11,15H,7-10,12-13,21H2,1-4H3. The van der Waals surface area contributed by atoms with Crippen molar-refractivity contribution in [3.8, 4) is 5.75 Å². The van der Waals surface area contributed by atoms with Crippen LogP contribution in [-0.2, 0) is 4.74 Å². The van der Waals surface area contributed by atoms with Crippen LogP contribution in [0.25, 0.3) is 10.2 Å². The number of nitrogens with two attached hydrogens (primary N) is 1. The van der Waals surface area contributed by atoms with E-state index in [0.29, 0.717) is 19.7 Å². The molecule has 1 fully saturated rings. The van der Waals surface area contributed by atoms with E-state index in [1.165, 1.54) is 0 Å². The van der Waals surface area contributed by atoms with Crippen molar-refractivity contribution in [2.75, 3.05) is 39.3 Å². The predicted octanol–water partition coefficient (Wildman–Crippen LogP) is 2.86. The molecule has 0 radical (unpaired) electrons. The summed E-state index contributed by atoms with van der Waals surface area (Å²) in [6, 6.07) is 5.87. The molecule has 0 saturated carbocycles. The molecule has 1 atom stereocenters. The highest BCUT2D eigenvalue weighted by Gasteiger charge is 2.26. The first-order valence-corrected chi connectivity index (χ1v) is 10.5. The van der Waals surface area contributed by atoms with E-state index in [4.69, 9.17) is 15.2 Å². The SMILES string of the molecule is Cc1nc2cc(OCC(N)CN3CCN(C(=O)OC(C)(C)C)CC3)ccc2s1. The lowest BCUT2D eigenvalue weighted by molar-refractivity contribution is 0.0138. The Morgan fingerprint density at radius 1 is 1.29 bits per heavy atom. The van der Waals surface area contributed by atoms with Crippen molar-refractivity contribution in [3.63, 3.8) is 0 Å². The summed E-state index contributed by atoms with van der Waals surface area (Å²) >= 11 is 1.68. The molecule has 2 N–H and O–H groups in total. The number of aromatic nitrogens is 1. The van der Waals surface area contributed by atoms with Crippen LogP contribution in [0.2, 0.25) is 0 Å². The molecular formula is C20H30N4O3S. The second kappa shape index (κ2) is 8.63. The minimum Gasteiger partial charge on any atom is -0.492 e. The van der Waals surface area contributed by atoms with Crippen molar-refractivity contribution in [1.82, 2.24) is 14.8 Å². The van der Waals surface area contributed by atoms with E-state index >= 15 is 0 Å². The number of piperazine rings is 1. The van der Waals surface area contributed by atoms with Gasteiger partial charge in [-0.3, -0.25) is 4.90 Å². The van der Waals surface area contributed by atoms with Gasteiger partial charge in [0.15, 0.2) is 0 Å². The predicted molar refractivity (Wildman–Crippen MR) is 112 cm³/mol. The molecule has 1 aliphatic heterocycles. The van der Waals surface area contributed by atoms with Crippen LogP contribution in [0, 0.1) is 6.92 Å². The molecule has 0 bridgehead atoms. The van der Waals surface area contributed by atoms with Crippen LogP contribution in [0.1, 0.15) is 25.8 Å². The quantitative estimate of drug-likeness (QED) is 0.822. The van der Waals surface area contributed by atoms with Crippen molar-refractivity contribution < 1.29 is 14.3 Å². The topological polar surface area (TPSA) is 80.9 Å². The maximum Gasteiger partial charge on any atom is 0.410 e. The fourth-order valence-corrected chi connectivity index (χ4v) is 3.95. The maximum absolute atomic E-state index is 12.1. The number of carbonyl (C=O) groups is 1. The maximum atomic E-state index is 12.1. The van der Waals surface area contributed by atoms with Gasteiger partial charge in [0, 0.05) is 38.8 Å². The van der Waals surface area contributed by atoms with Crippen LogP contribution < -0.4 is 10.5 Å². The Morgan fingerprint density at radius 2 is 2.00 bits per heavy atom. The normalized spacial score (nSPS) is 17.0. The van der Waals surface area contributed by atoms with Gasteiger partial charge in [-0.05, 0) is 39.8 Å². The number of aryl methyl sites for hydroxylation is 1. The third-order valence-corrected chi connectivity index (χ3v) is 5.40.